The van der Waals surface area contributed by atoms with Crippen LogP contribution in [0.15, 0.2) is 50.2 Å². The van der Waals surface area contributed by atoms with Crippen LogP contribution in [0.3, 0.4) is 0 Å². The first-order valence-electron chi connectivity index (χ1n) is 7.27. The molecule has 8 heteroatoms. The molecule has 0 spiro atoms. The normalized spacial score (nSPS) is 16.0. The number of halogens is 1. The lowest BCUT2D eigenvalue weighted by molar-refractivity contribution is -0.137. The first-order valence-corrected chi connectivity index (χ1v) is 9.29. The van der Waals surface area contributed by atoms with Crippen molar-refractivity contribution in [1.29, 1.82) is 0 Å². The van der Waals surface area contributed by atoms with Crippen molar-refractivity contribution in [3.05, 3.63) is 51.5 Å². The number of benzene rings is 1. The standard InChI is InChI=1S/C17H12BrNO4S2/c18-11-3-1-2-10(8-11)13-5-4-12(23-13)9-14-16(24)19(17(22)25-14)7-6-15(20)21/h1-5,8-9H,6-7H2,(H,20,21)/b14-9-. The van der Waals surface area contributed by atoms with Crippen LogP contribution in [0, 0.1) is 0 Å². The van der Waals surface area contributed by atoms with Crippen molar-refractivity contribution < 1.29 is 19.1 Å². The van der Waals surface area contributed by atoms with Crippen LogP contribution >= 0.6 is 39.9 Å². The van der Waals surface area contributed by atoms with Crippen molar-refractivity contribution in [2.75, 3.05) is 6.54 Å². The largest absolute Gasteiger partial charge is 0.481 e. The van der Waals surface area contributed by atoms with E-state index in [4.69, 9.17) is 21.7 Å². The summed E-state index contributed by atoms with van der Waals surface area (Å²) >= 11 is 9.69. The van der Waals surface area contributed by atoms with E-state index in [0.717, 1.165) is 21.8 Å². The van der Waals surface area contributed by atoms with Gasteiger partial charge in [-0.1, -0.05) is 40.3 Å². The van der Waals surface area contributed by atoms with Gasteiger partial charge in [0.25, 0.3) is 5.24 Å². The second kappa shape index (κ2) is 7.55. The highest BCUT2D eigenvalue weighted by atomic mass is 79.9. The molecule has 0 atom stereocenters. The van der Waals surface area contributed by atoms with Gasteiger partial charge in [-0.2, -0.15) is 0 Å². The van der Waals surface area contributed by atoms with Crippen LogP contribution < -0.4 is 0 Å². The van der Waals surface area contributed by atoms with Gasteiger partial charge in [-0.15, -0.1) is 0 Å². The summed E-state index contributed by atoms with van der Waals surface area (Å²) in [7, 11) is 0. The average Bonchev–Trinajstić information content (AvgIpc) is 3.12. The van der Waals surface area contributed by atoms with Gasteiger partial charge in [0.15, 0.2) is 0 Å². The highest BCUT2D eigenvalue weighted by molar-refractivity contribution is 9.10. The number of carboxylic acids is 1. The third-order valence-electron chi connectivity index (χ3n) is 3.43. The third-order valence-corrected chi connectivity index (χ3v) is 5.42. The Hall–Kier alpha value is -1.90. The Kier molecular flexibility index (Phi) is 5.41. The van der Waals surface area contributed by atoms with Crippen LogP contribution in [0.2, 0.25) is 0 Å². The lowest BCUT2D eigenvalue weighted by atomic mass is 10.2. The van der Waals surface area contributed by atoms with Crippen molar-refractivity contribution in [3.8, 4) is 11.3 Å². The molecule has 0 aliphatic carbocycles. The number of furan rings is 1. The maximum absolute atomic E-state index is 12.0. The molecule has 1 saturated heterocycles. The lowest BCUT2D eigenvalue weighted by Gasteiger charge is -2.12. The first-order chi connectivity index (χ1) is 11.9. The Labute approximate surface area is 161 Å². The van der Waals surface area contributed by atoms with Crippen LogP contribution in [-0.2, 0) is 4.79 Å². The fourth-order valence-electron chi connectivity index (χ4n) is 2.26. The van der Waals surface area contributed by atoms with E-state index < -0.39 is 5.97 Å². The number of rotatable bonds is 5. The van der Waals surface area contributed by atoms with E-state index in [1.165, 1.54) is 4.90 Å². The number of aliphatic carboxylic acids is 1. The number of nitrogens with zero attached hydrogens (tertiary/aromatic N) is 1. The van der Waals surface area contributed by atoms with E-state index in [0.29, 0.717) is 21.4 Å². The Morgan fingerprint density at radius 3 is 2.88 bits per heavy atom. The van der Waals surface area contributed by atoms with Crippen molar-refractivity contribution >= 4 is 62.2 Å². The summed E-state index contributed by atoms with van der Waals surface area (Å²) in [6.45, 7) is 0.0682. The smallest absolute Gasteiger partial charge is 0.305 e. The highest BCUT2D eigenvalue weighted by Crippen LogP contribution is 2.34. The zero-order chi connectivity index (χ0) is 18.0. The monoisotopic (exact) mass is 437 g/mol. The van der Waals surface area contributed by atoms with Crippen LogP contribution in [0.1, 0.15) is 12.2 Å². The summed E-state index contributed by atoms with van der Waals surface area (Å²) in [4.78, 5) is 24.9. The Morgan fingerprint density at radius 1 is 1.36 bits per heavy atom. The van der Waals surface area contributed by atoms with Gasteiger partial charge in [0.1, 0.15) is 16.5 Å². The number of amides is 1. The zero-order valence-electron chi connectivity index (χ0n) is 12.8. The highest BCUT2D eigenvalue weighted by Gasteiger charge is 2.32. The molecule has 2 heterocycles. The van der Waals surface area contributed by atoms with E-state index in [-0.39, 0.29) is 18.2 Å². The lowest BCUT2D eigenvalue weighted by Crippen LogP contribution is -2.29. The molecular weight excluding hydrogens is 426 g/mol. The SMILES string of the molecule is O=C(O)CCN1C(=O)S/C(=C\c2ccc(-c3cccc(Br)c3)o2)C1=S. The van der Waals surface area contributed by atoms with Crippen LogP contribution in [0.25, 0.3) is 17.4 Å². The second-order valence-electron chi connectivity index (χ2n) is 5.19. The molecule has 1 aromatic carbocycles. The minimum atomic E-state index is -0.970. The van der Waals surface area contributed by atoms with Gasteiger partial charge >= 0.3 is 5.97 Å². The van der Waals surface area contributed by atoms with E-state index in [2.05, 4.69) is 15.9 Å². The Bertz CT molecular complexity index is 890. The summed E-state index contributed by atoms with van der Waals surface area (Å²) < 4.78 is 6.76. The molecule has 25 heavy (non-hydrogen) atoms. The molecule has 1 N–H and O–H groups in total. The van der Waals surface area contributed by atoms with Crippen LogP contribution in [-0.4, -0.2) is 32.7 Å². The van der Waals surface area contributed by atoms with Crippen LogP contribution in [0.4, 0.5) is 4.79 Å². The molecule has 3 rings (SSSR count). The fourth-order valence-corrected chi connectivity index (χ4v) is 3.93. The number of thioether (sulfide) groups is 1. The van der Waals surface area contributed by atoms with E-state index >= 15 is 0 Å². The average molecular weight is 438 g/mol. The second-order valence-corrected chi connectivity index (χ2v) is 7.49. The number of carbonyl (C=O) groups excluding carboxylic acids is 1. The summed E-state index contributed by atoms with van der Waals surface area (Å²) in [5.41, 5.74) is 0.930. The maximum atomic E-state index is 12.0. The molecule has 1 amide bonds. The van der Waals surface area contributed by atoms with Gasteiger partial charge in [0.2, 0.25) is 0 Å². The number of carboxylic acid groups (broad SMARTS) is 1. The van der Waals surface area contributed by atoms with Crippen molar-refractivity contribution in [2.45, 2.75) is 6.42 Å². The van der Waals surface area contributed by atoms with Gasteiger partial charge in [-0.25, -0.2) is 0 Å². The van der Waals surface area contributed by atoms with E-state index in [1.807, 2.05) is 30.3 Å². The molecule has 0 bridgehead atoms. The third kappa shape index (κ3) is 4.20. The molecule has 1 aromatic heterocycles. The number of hydrogen-bond donors (Lipinski definition) is 1. The van der Waals surface area contributed by atoms with Crippen molar-refractivity contribution in [3.63, 3.8) is 0 Å². The molecule has 2 aromatic rings. The van der Waals surface area contributed by atoms with Gasteiger partial charge in [-0.3, -0.25) is 14.5 Å². The number of hydrogen-bond acceptors (Lipinski definition) is 5. The summed E-state index contributed by atoms with van der Waals surface area (Å²) in [5.74, 6) is 0.312. The van der Waals surface area contributed by atoms with Gasteiger partial charge < -0.3 is 9.52 Å². The van der Waals surface area contributed by atoms with E-state index in [9.17, 15) is 9.59 Å². The molecule has 1 aliphatic rings. The Morgan fingerprint density at radius 2 is 2.16 bits per heavy atom. The summed E-state index contributed by atoms with van der Waals surface area (Å²) in [6, 6.07) is 11.4. The fraction of sp³-hybridized carbons (Fsp3) is 0.118. The molecule has 1 aliphatic heterocycles. The Balaban J connectivity index is 1.79. The maximum Gasteiger partial charge on any atom is 0.305 e. The predicted octanol–water partition coefficient (Wildman–Crippen LogP) is 5.02. The van der Waals surface area contributed by atoms with Gasteiger partial charge in [0, 0.05) is 16.6 Å². The predicted molar refractivity (Wildman–Crippen MR) is 104 cm³/mol. The van der Waals surface area contributed by atoms with Gasteiger partial charge in [-0.05, 0) is 42.1 Å². The molecular formula is C17H12BrNO4S2. The molecule has 1 fully saturated rings. The number of thiocarbonyl (C=S) groups is 1. The van der Waals surface area contributed by atoms with E-state index in [1.54, 1.807) is 12.1 Å². The molecule has 0 saturated carbocycles. The summed E-state index contributed by atoms with van der Waals surface area (Å²) in [6.07, 6.45) is 1.56. The minimum absolute atomic E-state index is 0.0682. The van der Waals surface area contributed by atoms with Crippen LogP contribution in [0.5, 0.6) is 0 Å². The molecule has 128 valence electrons. The minimum Gasteiger partial charge on any atom is -0.481 e. The topological polar surface area (TPSA) is 70.8 Å². The molecule has 0 unspecified atom stereocenters. The van der Waals surface area contributed by atoms with Crippen molar-refractivity contribution in [1.82, 2.24) is 4.90 Å². The zero-order valence-corrected chi connectivity index (χ0v) is 16.0. The van der Waals surface area contributed by atoms with Crippen molar-refractivity contribution in [2.24, 2.45) is 0 Å². The molecule has 0 radical (unpaired) electrons. The van der Waals surface area contributed by atoms with Gasteiger partial charge in [0.05, 0.1) is 11.3 Å². The molecule has 5 nitrogen and oxygen atoms in total. The summed E-state index contributed by atoms with van der Waals surface area (Å²) in [5, 5.41) is 8.49. The quantitative estimate of drug-likeness (QED) is 0.522. The number of carbonyl (C=O) groups is 2. The first kappa shape index (κ1) is 17.9.